The zero-order chi connectivity index (χ0) is 12.3. The third kappa shape index (κ3) is 2.90. The van der Waals surface area contributed by atoms with E-state index in [1.165, 1.54) is 0 Å². The van der Waals surface area contributed by atoms with Crippen molar-refractivity contribution in [3.8, 4) is 5.75 Å². The SMILES string of the molecule is O=[N+]([O-])c1cc(OB(O)O)cc([N+](=O)[O-])c1. The smallest absolute Gasteiger partial charge is 0.512 e. The lowest BCUT2D eigenvalue weighted by Crippen LogP contribution is -2.20. The molecule has 0 aromatic heterocycles. The summed E-state index contributed by atoms with van der Waals surface area (Å²) in [6.07, 6.45) is 0. The third-order valence-corrected chi connectivity index (χ3v) is 1.54. The first kappa shape index (κ1) is 11.9. The molecule has 16 heavy (non-hydrogen) atoms. The summed E-state index contributed by atoms with van der Waals surface area (Å²) in [5, 5.41) is 37.7. The van der Waals surface area contributed by atoms with Gasteiger partial charge in [0.05, 0.1) is 28.0 Å². The molecule has 2 N–H and O–H groups in total. The lowest BCUT2D eigenvalue weighted by atomic mass is 10.2. The predicted octanol–water partition coefficient (Wildman–Crippen LogP) is -0.149. The van der Waals surface area contributed by atoms with Crippen molar-refractivity contribution in [2.24, 2.45) is 0 Å². The van der Waals surface area contributed by atoms with Crippen LogP contribution in [0.4, 0.5) is 11.4 Å². The number of hydrogen-bond acceptors (Lipinski definition) is 7. The monoisotopic (exact) mass is 228 g/mol. The molecule has 0 saturated carbocycles. The fraction of sp³-hybridized carbons (Fsp3) is 0. The fourth-order valence-electron chi connectivity index (χ4n) is 0.969. The molecule has 1 aromatic rings. The van der Waals surface area contributed by atoms with E-state index in [4.69, 9.17) is 10.0 Å². The van der Waals surface area contributed by atoms with E-state index < -0.39 is 28.5 Å². The van der Waals surface area contributed by atoms with Crippen LogP contribution in [0.1, 0.15) is 0 Å². The molecule has 0 aliphatic rings. The molecule has 0 fully saturated rings. The van der Waals surface area contributed by atoms with Crippen LogP contribution >= 0.6 is 0 Å². The van der Waals surface area contributed by atoms with Crippen LogP contribution in [-0.2, 0) is 0 Å². The number of non-ortho nitro benzene ring substituents is 2. The van der Waals surface area contributed by atoms with Gasteiger partial charge in [0.15, 0.2) is 0 Å². The van der Waals surface area contributed by atoms with Gasteiger partial charge in [0.2, 0.25) is 0 Å². The lowest BCUT2D eigenvalue weighted by Gasteiger charge is -2.03. The van der Waals surface area contributed by atoms with Crippen LogP contribution in [0, 0.1) is 20.2 Å². The Hall–Kier alpha value is -2.20. The van der Waals surface area contributed by atoms with E-state index in [2.05, 4.69) is 4.65 Å². The summed E-state index contributed by atoms with van der Waals surface area (Å²) in [7, 11) is -2.21. The van der Waals surface area contributed by atoms with E-state index in [0.29, 0.717) is 0 Å². The van der Waals surface area contributed by atoms with Crippen molar-refractivity contribution < 1.29 is 24.5 Å². The summed E-state index contributed by atoms with van der Waals surface area (Å²) in [4.78, 5) is 19.1. The second-order valence-corrected chi connectivity index (χ2v) is 2.64. The Labute approximate surface area is 88.4 Å². The van der Waals surface area contributed by atoms with E-state index in [-0.39, 0.29) is 5.75 Å². The summed E-state index contributed by atoms with van der Waals surface area (Å²) in [5.41, 5.74) is -1.16. The van der Waals surface area contributed by atoms with Gasteiger partial charge in [-0.2, -0.15) is 0 Å². The topological polar surface area (TPSA) is 136 Å². The minimum atomic E-state index is -2.21. The van der Waals surface area contributed by atoms with Crippen LogP contribution in [-0.4, -0.2) is 27.2 Å². The van der Waals surface area contributed by atoms with E-state index in [0.717, 1.165) is 18.2 Å². The zero-order valence-corrected chi connectivity index (χ0v) is 7.64. The molecule has 0 spiro atoms. The maximum absolute atomic E-state index is 10.4. The van der Waals surface area contributed by atoms with Gasteiger partial charge < -0.3 is 14.7 Å². The van der Waals surface area contributed by atoms with E-state index in [9.17, 15) is 20.2 Å². The van der Waals surface area contributed by atoms with Gasteiger partial charge >= 0.3 is 7.32 Å². The second kappa shape index (κ2) is 4.55. The zero-order valence-electron chi connectivity index (χ0n) is 7.64. The number of rotatable bonds is 4. The van der Waals surface area contributed by atoms with Crippen LogP contribution in [0.25, 0.3) is 0 Å². The molecule has 0 unspecified atom stereocenters. The Morgan fingerprint density at radius 2 is 1.50 bits per heavy atom. The minimum Gasteiger partial charge on any atom is -0.512 e. The molecule has 9 nitrogen and oxygen atoms in total. The van der Waals surface area contributed by atoms with Crippen molar-refractivity contribution in [1.29, 1.82) is 0 Å². The number of nitrogens with zero attached hydrogens (tertiary/aromatic N) is 2. The Balaban J connectivity index is 3.18. The van der Waals surface area contributed by atoms with Crippen molar-refractivity contribution in [3.63, 3.8) is 0 Å². The Kier molecular flexibility index (Phi) is 3.38. The molecule has 10 heteroatoms. The molecule has 0 aliphatic carbocycles. The number of nitro groups is 2. The predicted molar refractivity (Wildman–Crippen MR) is 50.6 cm³/mol. The molecule has 0 heterocycles. The van der Waals surface area contributed by atoms with Gasteiger partial charge in [-0.3, -0.25) is 20.2 Å². The third-order valence-electron chi connectivity index (χ3n) is 1.54. The van der Waals surface area contributed by atoms with Gasteiger partial charge in [-0.25, -0.2) is 0 Å². The second-order valence-electron chi connectivity index (χ2n) is 2.64. The van der Waals surface area contributed by atoms with Crippen LogP contribution in [0.15, 0.2) is 18.2 Å². The molecule has 84 valence electrons. The maximum Gasteiger partial charge on any atom is 0.707 e. The van der Waals surface area contributed by atoms with Crippen LogP contribution in [0.2, 0.25) is 0 Å². The lowest BCUT2D eigenvalue weighted by molar-refractivity contribution is -0.394. The highest BCUT2D eigenvalue weighted by atomic mass is 16.6. The Morgan fingerprint density at radius 1 is 1.06 bits per heavy atom. The van der Waals surface area contributed by atoms with Crippen molar-refractivity contribution >= 4 is 18.7 Å². The summed E-state index contributed by atoms with van der Waals surface area (Å²) in [6, 6.07) is 2.41. The van der Waals surface area contributed by atoms with Crippen molar-refractivity contribution in [2.75, 3.05) is 0 Å². The van der Waals surface area contributed by atoms with Crippen LogP contribution < -0.4 is 4.65 Å². The van der Waals surface area contributed by atoms with Gasteiger partial charge in [-0.15, -0.1) is 0 Å². The summed E-state index contributed by atoms with van der Waals surface area (Å²) >= 11 is 0. The van der Waals surface area contributed by atoms with Gasteiger partial charge in [0.25, 0.3) is 11.4 Å². The summed E-state index contributed by atoms with van der Waals surface area (Å²) in [6.45, 7) is 0. The molecule has 0 bridgehead atoms. The highest BCUT2D eigenvalue weighted by molar-refractivity contribution is 6.33. The summed E-state index contributed by atoms with van der Waals surface area (Å²) < 4.78 is 4.30. The van der Waals surface area contributed by atoms with Crippen molar-refractivity contribution in [1.82, 2.24) is 0 Å². The van der Waals surface area contributed by atoms with Crippen molar-refractivity contribution in [3.05, 3.63) is 38.4 Å². The largest absolute Gasteiger partial charge is 0.707 e. The normalized spacial score (nSPS) is 9.62. The van der Waals surface area contributed by atoms with Gasteiger partial charge in [-0.05, 0) is 0 Å². The van der Waals surface area contributed by atoms with E-state index in [1.54, 1.807) is 0 Å². The molecule has 0 amide bonds. The molecule has 0 aliphatic heterocycles. The standard InChI is InChI=1S/C6H5BN2O7/c10-7(11)16-6-2-4(8(12)13)1-5(3-6)9(14)15/h1-3,10-11H. The molecule has 0 atom stereocenters. The molecular weight excluding hydrogens is 223 g/mol. The molecule has 1 rings (SSSR count). The molecular formula is C6H5BN2O7. The van der Waals surface area contributed by atoms with Crippen LogP contribution in [0.3, 0.4) is 0 Å². The highest BCUT2D eigenvalue weighted by Crippen LogP contribution is 2.27. The average Bonchev–Trinajstić information content (AvgIpc) is 2.15. The Morgan fingerprint density at radius 3 is 1.81 bits per heavy atom. The number of nitro benzene ring substituents is 2. The van der Waals surface area contributed by atoms with Gasteiger partial charge in [0.1, 0.15) is 5.75 Å². The first-order valence-corrected chi connectivity index (χ1v) is 3.87. The Bertz CT molecular complexity index is 403. The van der Waals surface area contributed by atoms with E-state index in [1.807, 2.05) is 0 Å². The fourth-order valence-corrected chi connectivity index (χ4v) is 0.969. The molecule has 0 saturated heterocycles. The minimum absolute atomic E-state index is 0.379. The molecule has 0 radical (unpaired) electrons. The van der Waals surface area contributed by atoms with Gasteiger partial charge in [0, 0.05) is 0 Å². The summed E-state index contributed by atoms with van der Waals surface area (Å²) in [5.74, 6) is -0.379. The quantitative estimate of drug-likeness (QED) is 0.415. The van der Waals surface area contributed by atoms with Crippen LogP contribution in [0.5, 0.6) is 5.75 Å². The maximum atomic E-state index is 10.4. The number of hydrogen-bond donors (Lipinski definition) is 2. The van der Waals surface area contributed by atoms with Gasteiger partial charge in [-0.1, -0.05) is 0 Å². The number of benzene rings is 1. The van der Waals surface area contributed by atoms with E-state index >= 15 is 0 Å². The first-order chi connectivity index (χ1) is 7.40. The molecule has 1 aromatic carbocycles. The highest BCUT2D eigenvalue weighted by Gasteiger charge is 2.20. The first-order valence-electron chi connectivity index (χ1n) is 3.87. The average molecular weight is 228 g/mol. The van der Waals surface area contributed by atoms with Crippen molar-refractivity contribution in [2.45, 2.75) is 0 Å².